The highest BCUT2D eigenvalue weighted by atomic mass is 16.4. The number of hydrogen-bond donors (Lipinski definition) is 4. The number of amides is 1. The molecule has 0 spiro atoms. The topological polar surface area (TPSA) is 118 Å². The van der Waals surface area contributed by atoms with Gasteiger partial charge >= 0.3 is 5.97 Å². The van der Waals surface area contributed by atoms with Crippen molar-refractivity contribution in [1.29, 1.82) is 0 Å². The van der Waals surface area contributed by atoms with Crippen molar-refractivity contribution in [1.82, 2.24) is 5.32 Å². The minimum Gasteiger partial charge on any atom is -0.480 e. The molecule has 0 heterocycles. The quantitative estimate of drug-likeness (QED) is 0.450. The molecule has 0 aromatic heterocycles. The van der Waals surface area contributed by atoms with Crippen LogP contribution >= 0.6 is 0 Å². The maximum absolute atomic E-state index is 11.3. The Balaban J connectivity index is 4.29. The summed E-state index contributed by atoms with van der Waals surface area (Å²) in [5.41, 5.74) is 10.6. The number of aliphatic carboxylic acids is 1. The fourth-order valence-electron chi connectivity index (χ4n) is 1.08. The number of nitrogens with one attached hydrogen (secondary N) is 1. The van der Waals surface area contributed by atoms with Crippen molar-refractivity contribution >= 4 is 11.9 Å². The lowest BCUT2D eigenvalue weighted by Crippen LogP contribution is -2.51. The Hall–Kier alpha value is -1.14. The molecule has 6 heteroatoms. The first-order chi connectivity index (χ1) is 6.88. The first-order valence-corrected chi connectivity index (χ1v) is 4.87. The predicted molar refractivity (Wildman–Crippen MR) is 56.1 cm³/mol. The van der Waals surface area contributed by atoms with Crippen molar-refractivity contribution in [2.45, 2.75) is 32.4 Å². The molecular weight excluding hydrogens is 198 g/mol. The molecule has 0 fully saturated rings. The van der Waals surface area contributed by atoms with E-state index in [1.54, 1.807) is 0 Å². The summed E-state index contributed by atoms with van der Waals surface area (Å²) in [6.07, 6.45) is 0.373. The Morgan fingerprint density at radius 1 is 1.40 bits per heavy atom. The fourth-order valence-corrected chi connectivity index (χ4v) is 1.08. The summed E-state index contributed by atoms with van der Waals surface area (Å²) in [5.74, 6) is -1.40. The minimum absolute atomic E-state index is 0.000148. The van der Waals surface area contributed by atoms with Crippen LogP contribution in [0.1, 0.15) is 20.3 Å². The summed E-state index contributed by atoms with van der Waals surface area (Å²) in [4.78, 5) is 22.1. The van der Waals surface area contributed by atoms with E-state index in [4.69, 9.17) is 16.6 Å². The summed E-state index contributed by atoms with van der Waals surface area (Å²) in [5, 5.41) is 11.2. The SMILES string of the molecule is CC(C)CC(NC(=O)C(N)CN)C(=O)O. The first-order valence-electron chi connectivity index (χ1n) is 4.87. The summed E-state index contributed by atoms with van der Waals surface area (Å²) < 4.78 is 0. The van der Waals surface area contributed by atoms with Crippen LogP contribution in [0.25, 0.3) is 0 Å². The molecule has 2 atom stereocenters. The van der Waals surface area contributed by atoms with Crippen LogP contribution in [-0.4, -0.2) is 35.6 Å². The van der Waals surface area contributed by atoms with Crippen LogP contribution in [0.4, 0.5) is 0 Å². The zero-order chi connectivity index (χ0) is 12.0. The predicted octanol–water partition coefficient (Wildman–Crippen LogP) is -1.11. The van der Waals surface area contributed by atoms with Gasteiger partial charge in [-0.25, -0.2) is 4.79 Å². The molecule has 0 aromatic carbocycles. The molecule has 0 bridgehead atoms. The van der Waals surface area contributed by atoms with Crippen LogP contribution in [0.3, 0.4) is 0 Å². The highest BCUT2D eigenvalue weighted by Crippen LogP contribution is 2.04. The Morgan fingerprint density at radius 2 is 1.93 bits per heavy atom. The largest absolute Gasteiger partial charge is 0.480 e. The van der Waals surface area contributed by atoms with Crippen LogP contribution in [0.15, 0.2) is 0 Å². The van der Waals surface area contributed by atoms with Gasteiger partial charge < -0.3 is 21.9 Å². The van der Waals surface area contributed by atoms with Crippen LogP contribution in [0.5, 0.6) is 0 Å². The van der Waals surface area contributed by atoms with Crippen LogP contribution in [0, 0.1) is 5.92 Å². The number of hydrogen-bond acceptors (Lipinski definition) is 4. The number of carboxylic acid groups (broad SMARTS) is 1. The van der Waals surface area contributed by atoms with Crippen molar-refractivity contribution in [2.75, 3.05) is 6.54 Å². The molecule has 15 heavy (non-hydrogen) atoms. The third-order valence-corrected chi connectivity index (χ3v) is 1.91. The van der Waals surface area contributed by atoms with E-state index in [1.807, 2.05) is 13.8 Å². The molecule has 6 N–H and O–H groups in total. The van der Waals surface area contributed by atoms with Crippen molar-refractivity contribution in [3.63, 3.8) is 0 Å². The van der Waals surface area contributed by atoms with Gasteiger partial charge in [0.05, 0.1) is 6.04 Å². The molecular formula is C9H19N3O3. The Kier molecular flexibility index (Phi) is 5.88. The molecule has 0 aliphatic carbocycles. The van der Waals surface area contributed by atoms with Gasteiger partial charge in [0.1, 0.15) is 6.04 Å². The monoisotopic (exact) mass is 217 g/mol. The Bertz CT molecular complexity index is 231. The van der Waals surface area contributed by atoms with E-state index in [9.17, 15) is 9.59 Å². The van der Waals surface area contributed by atoms with Gasteiger partial charge in [0.15, 0.2) is 0 Å². The molecule has 0 aromatic rings. The lowest BCUT2D eigenvalue weighted by Gasteiger charge is -2.18. The van der Waals surface area contributed by atoms with Gasteiger partial charge in [-0.3, -0.25) is 4.79 Å². The van der Waals surface area contributed by atoms with Gasteiger partial charge in [0.25, 0.3) is 0 Å². The average molecular weight is 217 g/mol. The molecule has 6 nitrogen and oxygen atoms in total. The van der Waals surface area contributed by atoms with Crippen LogP contribution in [0.2, 0.25) is 0 Å². The molecule has 0 saturated carbocycles. The van der Waals surface area contributed by atoms with E-state index in [2.05, 4.69) is 5.32 Å². The number of carbonyl (C=O) groups excluding carboxylic acids is 1. The van der Waals surface area contributed by atoms with Gasteiger partial charge in [-0.15, -0.1) is 0 Å². The molecule has 0 aliphatic rings. The van der Waals surface area contributed by atoms with Gasteiger partial charge in [-0.2, -0.15) is 0 Å². The van der Waals surface area contributed by atoms with Gasteiger partial charge in [0.2, 0.25) is 5.91 Å². The second kappa shape index (κ2) is 6.36. The molecule has 0 aliphatic heterocycles. The maximum atomic E-state index is 11.3. The zero-order valence-corrected chi connectivity index (χ0v) is 9.06. The second-order valence-corrected chi connectivity index (χ2v) is 3.87. The summed E-state index contributed by atoms with van der Waals surface area (Å²) in [6, 6.07) is -1.74. The van der Waals surface area contributed by atoms with Crippen LogP contribution in [-0.2, 0) is 9.59 Å². The Morgan fingerprint density at radius 3 is 2.27 bits per heavy atom. The summed E-state index contributed by atoms with van der Waals surface area (Å²) in [6.45, 7) is 3.76. The molecule has 1 amide bonds. The molecule has 0 rings (SSSR count). The normalized spacial score (nSPS) is 14.7. The van der Waals surface area contributed by atoms with Gasteiger partial charge in [0, 0.05) is 6.54 Å². The van der Waals surface area contributed by atoms with E-state index in [0.717, 1.165) is 0 Å². The molecule has 88 valence electrons. The number of nitrogens with two attached hydrogens (primary N) is 2. The molecule has 0 radical (unpaired) electrons. The van der Waals surface area contributed by atoms with E-state index in [1.165, 1.54) is 0 Å². The van der Waals surface area contributed by atoms with E-state index < -0.39 is 24.0 Å². The zero-order valence-electron chi connectivity index (χ0n) is 9.06. The number of carboxylic acids is 1. The van der Waals surface area contributed by atoms with Crippen molar-refractivity contribution < 1.29 is 14.7 Å². The van der Waals surface area contributed by atoms with E-state index in [-0.39, 0.29) is 12.5 Å². The fraction of sp³-hybridized carbons (Fsp3) is 0.778. The highest BCUT2D eigenvalue weighted by molar-refractivity contribution is 5.86. The average Bonchev–Trinajstić information content (AvgIpc) is 2.14. The third-order valence-electron chi connectivity index (χ3n) is 1.91. The lowest BCUT2D eigenvalue weighted by molar-refractivity contribution is -0.142. The maximum Gasteiger partial charge on any atom is 0.326 e. The van der Waals surface area contributed by atoms with Crippen molar-refractivity contribution in [3.05, 3.63) is 0 Å². The van der Waals surface area contributed by atoms with E-state index >= 15 is 0 Å². The molecule has 2 unspecified atom stereocenters. The van der Waals surface area contributed by atoms with E-state index in [0.29, 0.717) is 6.42 Å². The summed E-state index contributed by atoms with van der Waals surface area (Å²) in [7, 11) is 0. The highest BCUT2D eigenvalue weighted by Gasteiger charge is 2.23. The van der Waals surface area contributed by atoms with Gasteiger partial charge in [-0.1, -0.05) is 13.8 Å². The minimum atomic E-state index is -1.05. The van der Waals surface area contributed by atoms with Crippen LogP contribution < -0.4 is 16.8 Å². The molecule has 0 saturated heterocycles. The standard InChI is InChI=1S/C9H19N3O3/c1-5(2)3-7(9(14)15)12-8(13)6(11)4-10/h5-7H,3-4,10-11H2,1-2H3,(H,12,13)(H,14,15). The number of carbonyl (C=O) groups is 2. The summed E-state index contributed by atoms with van der Waals surface area (Å²) >= 11 is 0. The lowest BCUT2D eigenvalue weighted by atomic mass is 10.0. The Labute approximate surface area is 89.0 Å². The van der Waals surface area contributed by atoms with Crippen molar-refractivity contribution in [3.8, 4) is 0 Å². The van der Waals surface area contributed by atoms with Gasteiger partial charge in [-0.05, 0) is 12.3 Å². The smallest absolute Gasteiger partial charge is 0.326 e. The van der Waals surface area contributed by atoms with Crippen molar-refractivity contribution in [2.24, 2.45) is 17.4 Å². The number of rotatable bonds is 6. The first kappa shape index (κ1) is 13.9. The second-order valence-electron chi connectivity index (χ2n) is 3.87. The third kappa shape index (κ3) is 5.34.